The highest BCUT2D eigenvalue weighted by atomic mass is 16.5. The van der Waals surface area contributed by atoms with E-state index in [4.69, 9.17) is 9.47 Å². The predicted octanol–water partition coefficient (Wildman–Crippen LogP) is 1.13. The van der Waals surface area contributed by atoms with E-state index in [1.807, 2.05) is 43.8 Å². The molecule has 0 bridgehead atoms. The number of aryl methyl sites for hydroxylation is 1. The maximum Gasteiger partial charge on any atom is 0.242 e. The topological polar surface area (TPSA) is 64.0 Å². The lowest BCUT2D eigenvalue weighted by Crippen LogP contribution is -2.46. The van der Waals surface area contributed by atoms with Crippen molar-refractivity contribution in [2.45, 2.75) is 20.4 Å². The van der Waals surface area contributed by atoms with Crippen molar-refractivity contribution >= 4 is 11.8 Å². The summed E-state index contributed by atoms with van der Waals surface area (Å²) < 4.78 is 12.2. The van der Waals surface area contributed by atoms with Crippen LogP contribution in [0.15, 0.2) is 18.3 Å². The third kappa shape index (κ3) is 6.88. The first-order valence-electron chi connectivity index (χ1n) is 8.55. The Morgan fingerprint density at radius 3 is 2.20 bits per heavy atom. The van der Waals surface area contributed by atoms with Crippen LogP contribution in [-0.2, 0) is 32.7 Å². The zero-order valence-corrected chi connectivity index (χ0v) is 16.0. The fourth-order valence-electron chi connectivity index (χ4n) is 2.45. The van der Waals surface area contributed by atoms with Gasteiger partial charge in [0, 0.05) is 52.2 Å². The van der Waals surface area contributed by atoms with Gasteiger partial charge in [0.05, 0.1) is 26.3 Å². The molecule has 0 unspecified atom stereocenters. The first-order chi connectivity index (χ1) is 11.9. The molecule has 1 heterocycles. The molecule has 0 atom stereocenters. The quantitative estimate of drug-likeness (QED) is 0.598. The summed E-state index contributed by atoms with van der Waals surface area (Å²) in [6.45, 7) is 5.94. The molecular weight excluding hydrogens is 322 g/mol. The monoisotopic (exact) mass is 353 g/mol. The Kier molecular flexibility index (Phi) is 9.23. The van der Waals surface area contributed by atoms with E-state index in [0.717, 1.165) is 5.69 Å². The van der Waals surface area contributed by atoms with Gasteiger partial charge in [0.2, 0.25) is 11.8 Å². The van der Waals surface area contributed by atoms with Gasteiger partial charge >= 0.3 is 0 Å². The average molecular weight is 353 g/mol. The molecule has 1 aromatic rings. The lowest BCUT2D eigenvalue weighted by molar-refractivity contribution is -0.143. The number of methoxy groups -OCH3 is 2. The highest BCUT2D eigenvalue weighted by Crippen LogP contribution is 2.08. The molecule has 0 saturated carbocycles. The highest BCUT2D eigenvalue weighted by Gasteiger charge is 2.23. The van der Waals surface area contributed by atoms with E-state index in [9.17, 15) is 9.59 Å². The number of amides is 2. The lowest BCUT2D eigenvalue weighted by Gasteiger charge is -2.28. The summed E-state index contributed by atoms with van der Waals surface area (Å²) in [5, 5.41) is 0. The first-order valence-corrected chi connectivity index (χ1v) is 8.55. The summed E-state index contributed by atoms with van der Waals surface area (Å²) in [5.41, 5.74) is 1.03. The van der Waals surface area contributed by atoms with Crippen LogP contribution in [-0.4, -0.2) is 73.2 Å². The van der Waals surface area contributed by atoms with Crippen LogP contribution in [0.3, 0.4) is 0 Å². The second-order valence-electron chi connectivity index (χ2n) is 6.33. The minimum Gasteiger partial charge on any atom is -0.383 e. The van der Waals surface area contributed by atoms with Crippen molar-refractivity contribution in [3.63, 3.8) is 0 Å². The number of aromatic nitrogens is 1. The molecule has 0 aromatic carbocycles. The maximum atomic E-state index is 12.8. The smallest absolute Gasteiger partial charge is 0.242 e. The van der Waals surface area contributed by atoms with Gasteiger partial charge in [0.1, 0.15) is 0 Å². The Balaban J connectivity index is 2.82. The molecule has 7 nitrogen and oxygen atoms in total. The fourth-order valence-corrected chi connectivity index (χ4v) is 2.45. The summed E-state index contributed by atoms with van der Waals surface area (Å²) in [5.74, 6) is -0.302. The largest absolute Gasteiger partial charge is 0.383 e. The molecule has 1 aromatic heterocycles. The average Bonchev–Trinajstić information content (AvgIpc) is 2.99. The van der Waals surface area contributed by atoms with Crippen molar-refractivity contribution in [1.29, 1.82) is 0 Å². The Morgan fingerprint density at radius 1 is 1.12 bits per heavy atom. The van der Waals surface area contributed by atoms with E-state index in [0.29, 0.717) is 32.8 Å². The van der Waals surface area contributed by atoms with Gasteiger partial charge < -0.3 is 23.8 Å². The van der Waals surface area contributed by atoms with E-state index < -0.39 is 0 Å². The Labute approximate surface area is 150 Å². The first kappa shape index (κ1) is 21.2. The summed E-state index contributed by atoms with van der Waals surface area (Å²) in [7, 11) is 5.14. The van der Waals surface area contributed by atoms with Gasteiger partial charge in [-0.05, 0) is 12.1 Å². The number of rotatable bonds is 11. The molecule has 0 saturated heterocycles. The molecule has 0 aliphatic heterocycles. The second kappa shape index (κ2) is 10.9. The zero-order chi connectivity index (χ0) is 18.8. The molecule has 0 aliphatic rings. The second-order valence-corrected chi connectivity index (χ2v) is 6.33. The number of hydrogen-bond acceptors (Lipinski definition) is 4. The van der Waals surface area contributed by atoms with Crippen molar-refractivity contribution in [2.24, 2.45) is 13.0 Å². The van der Waals surface area contributed by atoms with E-state index in [-0.39, 0.29) is 24.3 Å². The Bertz CT molecular complexity index is 542. The fraction of sp³-hybridized carbons (Fsp3) is 0.667. The predicted molar refractivity (Wildman–Crippen MR) is 96.0 cm³/mol. The number of hydrogen-bond donors (Lipinski definition) is 0. The number of nitrogens with zero attached hydrogens (tertiary/aromatic N) is 3. The van der Waals surface area contributed by atoms with Crippen molar-refractivity contribution in [3.05, 3.63) is 24.0 Å². The molecule has 0 aliphatic carbocycles. The molecule has 142 valence electrons. The summed E-state index contributed by atoms with van der Waals surface area (Å²) in [4.78, 5) is 28.5. The molecule has 0 spiro atoms. The van der Waals surface area contributed by atoms with E-state index >= 15 is 0 Å². The zero-order valence-electron chi connectivity index (χ0n) is 16.0. The van der Waals surface area contributed by atoms with E-state index in [1.54, 1.807) is 24.0 Å². The van der Waals surface area contributed by atoms with Crippen molar-refractivity contribution < 1.29 is 19.1 Å². The number of carbonyl (C=O) groups is 2. The van der Waals surface area contributed by atoms with Crippen LogP contribution in [0, 0.1) is 5.92 Å². The van der Waals surface area contributed by atoms with Crippen molar-refractivity contribution in [2.75, 3.05) is 47.1 Å². The Morgan fingerprint density at radius 2 is 1.72 bits per heavy atom. The standard InChI is InChI=1S/C18H31N3O4/c1-15(2)18(23)21(10-12-25-5)14-17(22)20(9-11-24-4)13-16-7-6-8-19(16)3/h6-8,15H,9-14H2,1-5H3. The van der Waals surface area contributed by atoms with Crippen LogP contribution in [0.4, 0.5) is 0 Å². The van der Waals surface area contributed by atoms with Gasteiger partial charge in [-0.25, -0.2) is 0 Å². The maximum absolute atomic E-state index is 12.8. The molecule has 25 heavy (non-hydrogen) atoms. The van der Waals surface area contributed by atoms with Gasteiger partial charge in [-0.2, -0.15) is 0 Å². The summed E-state index contributed by atoms with van der Waals surface area (Å²) in [6, 6.07) is 3.93. The van der Waals surface area contributed by atoms with Crippen LogP contribution in [0.1, 0.15) is 19.5 Å². The summed E-state index contributed by atoms with van der Waals surface area (Å²) >= 11 is 0. The lowest BCUT2D eigenvalue weighted by atomic mass is 10.2. The molecule has 0 fully saturated rings. The molecular formula is C18H31N3O4. The Hall–Kier alpha value is -1.86. The summed E-state index contributed by atoms with van der Waals surface area (Å²) in [6.07, 6.45) is 1.95. The molecule has 2 amide bonds. The van der Waals surface area contributed by atoms with Gasteiger partial charge in [-0.1, -0.05) is 13.8 Å². The van der Waals surface area contributed by atoms with Crippen LogP contribution >= 0.6 is 0 Å². The normalized spacial score (nSPS) is 11.0. The number of ether oxygens (including phenoxy) is 2. The SMILES string of the molecule is COCCN(Cc1cccn1C)C(=O)CN(CCOC)C(=O)C(C)C. The van der Waals surface area contributed by atoms with E-state index in [2.05, 4.69) is 0 Å². The minimum atomic E-state index is -0.162. The molecule has 0 N–H and O–H groups in total. The molecule has 7 heteroatoms. The highest BCUT2D eigenvalue weighted by molar-refractivity contribution is 5.85. The van der Waals surface area contributed by atoms with Crippen LogP contribution in [0.2, 0.25) is 0 Å². The van der Waals surface area contributed by atoms with Gasteiger partial charge in [0.15, 0.2) is 0 Å². The van der Waals surface area contributed by atoms with E-state index in [1.165, 1.54) is 0 Å². The molecule has 0 radical (unpaired) electrons. The minimum absolute atomic E-state index is 0.0454. The van der Waals surface area contributed by atoms with Crippen LogP contribution in [0.25, 0.3) is 0 Å². The van der Waals surface area contributed by atoms with Crippen LogP contribution in [0.5, 0.6) is 0 Å². The van der Waals surface area contributed by atoms with Crippen molar-refractivity contribution in [3.8, 4) is 0 Å². The third-order valence-electron chi connectivity index (χ3n) is 4.02. The van der Waals surface area contributed by atoms with Crippen molar-refractivity contribution in [1.82, 2.24) is 14.4 Å². The van der Waals surface area contributed by atoms with Crippen LogP contribution < -0.4 is 0 Å². The van der Waals surface area contributed by atoms with Gasteiger partial charge in [0.25, 0.3) is 0 Å². The van der Waals surface area contributed by atoms with Gasteiger partial charge in [-0.15, -0.1) is 0 Å². The third-order valence-corrected chi connectivity index (χ3v) is 4.02. The molecule has 1 rings (SSSR count). The number of carbonyl (C=O) groups excluding carboxylic acids is 2. The van der Waals surface area contributed by atoms with Gasteiger partial charge in [-0.3, -0.25) is 9.59 Å².